The van der Waals surface area contributed by atoms with Gasteiger partial charge in [-0.05, 0) is 36.1 Å². The second-order valence-electron chi connectivity index (χ2n) is 6.69. The monoisotopic (exact) mass is 363 g/mol. The highest BCUT2D eigenvalue weighted by Crippen LogP contribution is 2.11. The van der Waals surface area contributed by atoms with E-state index in [0.717, 1.165) is 5.56 Å². The minimum Gasteiger partial charge on any atom is -0.292 e. The zero-order valence-corrected chi connectivity index (χ0v) is 15.4. The molecule has 3 rings (SSSR count). The zero-order chi connectivity index (χ0) is 19.2. The molecule has 3 heterocycles. The highest BCUT2D eigenvalue weighted by molar-refractivity contribution is 5.98. The fourth-order valence-electron chi connectivity index (χ4n) is 2.61. The summed E-state index contributed by atoms with van der Waals surface area (Å²) in [4.78, 5) is 37.1. The molecule has 0 saturated carbocycles. The first-order valence-electron chi connectivity index (χ1n) is 8.87. The predicted molar refractivity (Wildman–Crippen MR) is 99.8 cm³/mol. The first-order chi connectivity index (χ1) is 13.0. The second kappa shape index (κ2) is 8.44. The number of carbonyl (C=O) groups excluding carboxylic acids is 2. The summed E-state index contributed by atoms with van der Waals surface area (Å²) in [5.74, 6) is 0.596. The molecule has 138 valence electrons. The van der Waals surface area contributed by atoms with Crippen LogP contribution >= 0.6 is 0 Å². The van der Waals surface area contributed by atoms with Crippen LogP contribution < -0.4 is 0 Å². The summed E-state index contributed by atoms with van der Waals surface area (Å²) in [5.41, 5.74) is 1.58. The lowest BCUT2D eigenvalue weighted by molar-refractivity contribution is 0.0962. The summed E-state index contributed by atoms with van der Waals surface area (Å²) < 4.78 is 1.57. The molecule has 0 N–H and O–H groups in total. The maximum absolute atomic E-state index is 12.5. The zero-order valence-electron chi connectivity index (χ0n) is 15.4. The molecule has 0 aliphatic carbocycles. The third-order valence-electron chi connectivity index (χ3n) is 3.95. The van der Waals surface area contributed by atoms with Gasteiger partial charge < -0.3 is 0 Å². The van der Waals surface area contributed by atoms with Gasteiger partial charge in [0.05, 0.1) is 6.20 Å². The van der Waals surface area contributed by atoms with Crippen molar-refractivity contribution < 1.29 is 9.59 Å². The molecule has 0 aliphatic rings. The van der Waals surface area contributed by atoms with Crippen molar-refractivity contribution in [2.75, 3.05) is 0 Å². The quantitative estimate of drug-likeness (QED) is 0.571. The molecule has 0 atom stereocenters. The molecule has 0 amide bonds. The lowest BCUT2D eigenvalue weighted by Gasteiger charge is -2.05. The van der Waals surface area contributed by atoms with E-state index in [1.807, 2.05) is 13.8 Å². The van der Waals surface area contributed by atoms with E-state index in [4.69, 9.17) is 0 Å². The number of ketones is 2. The van der Waals surface area contributed by atoms with E-state index in [-0.39, 0.29) is 23.9 Å². The van der Waals surface area contributed by atoms with Gasteiger partial charge in [0, 0.05) is 31.4 Å². The van der Waals surface area contributed by atoms with Crippen molar-refractivity contribution in [2.45, 2.75) is 33.1 Å². The summed E-state index contributed by atoms with van der Waals surface area (Å²) in [6, 6.07) is 6.75. The van der Waals surface area contributed by atoms with Gasteiger partial charge in [0.25, 0.3) is 0 Å². The van der Waals surface area contributed by atoms with E-state index < -0.39 is 0 Å². The van der Waals surface area contributed by atoms with Gasteiger partial charge in [-0.3, -0.25) is 9.59 Å². The molecule has 0 fully saturated rings. The molecule has 27 heavy (non-hydrogen) atoms. The number of aryl methyl sites for hydroxylation is 1. The van der Waals surface area contributed by atoms with E-state index >= 15 is 0 Å². The van der Waals surface area contributed by atoms with Crippen molar-refractivity contribution in [1.29, 1.82) is 0 Å². The van der Waals surface area contributed by atoms with Crippen LogP contribution in [-0.2, 0) is 6.42 Å². The molecular weight excluding hydrogens is 342 g/mol. The maximum atomic E-state index is 12.5. The maximum Gasteiger partial charge on any atom is 0.250 e. The molecule has 0 spiro atoms. The Hall–Kier alpha value is -3.22. The standard InChI is InChI=1S/C20H21N5O2/c1-14(2)11-19(27)17-6-3-5-16(24-17)18(26)8-7-15-12-23-25(13-15)20-21-9-4-10-22-20/h3-6,9-10,12-14H,7-8,11H2,1-2H3. The Morgan fingerprint density at radius 3 is 2.44 bits per heavy atom. The Morgan fingerprint density at radius 2 is 1.74 bits per heavy atom. The van der Waals surface area contributed by atoms with Gasteiger partial charge in [0.1, 0.15) is 11.4 Å². The van der Waals surface area contributed by atoms with Crippen LogP contribution in [0.15, 0.2) is 49.1 Å². The highest BCUT2D eigenvalue weighted by Gasteiger charge is 2.14. The third-order valence-corrected chi connectivity index (χ3v) is 3.95. The Kier molecular flexibility index (Phi) is 5.80. The molecular formula is C20H21N5O2. The Morgan fingerprint density at radius 1 is 1.04 bits per heavy atom. The van der Waals surface area contributed by atoms with Crippen LogP contribution in [0.2, 0.25) is 0 Å². The number of nitrogens with zero attached hydrogens (tertiary/aromatic N) is 5. The van der Waals surface area contributed by atoms with Crippen molar-refractivity contribution in [1.82, 2.24) is 24.7 Å². The van der Waals surface area contributed by atoms with E-state index in [1.54, 1.807) is 53.7 Å². The molecule has 0 unspecified atom stereocenters. The first-order valence-corrected chi connectivity index (χ1v) is 8.87. The third kappa shape index (κ3) is 4.91. The average molecular weight is 363 g/mol. The van der Waals surface area contributed by atoms with Crippen LogP contribution in [0.1, 0.15) is 53.2 Å². The molecule has 7 heteroatoms. The Balaban J connectivity index is 1.63. The lowest BCUT2D eigenvalue weighted by atomic mass is 10.0. The first kappa shape index (κ1) is 18.6. The van der Waals surface area contributed by atoms with Crippen molar-refractivity contribution in [3.05, 3.63) is 66.0 Å². The van der Waals surface area contributed by atoms with Gasteiger partial charge in [-0.1, -0.05) is 19.9 Å². The highest BCUT2D eigenvalue weighted by atomic mass is 16.1. The van der Waals surface area contributed by atoms with Crippen LogP contribution in [0.3, 0.4) is 0 Å². The fraction of sp³-hybridized carbons (Fsp3) is 0.300. The van der Waals surface area contributed by atoms with Gasteiger partial charge in [-0.15, -0.1) is 0 Å². The summed E-state index contributed by atoms with van der Waals surface area (Å²) in [6.45, 7) is 3.96. The molecule has 0 saturated heterocycles. The number of pyridine rings is 1. The van der Waals surface area contributed by atoms with E-state index in [9.17, 15) is 9.59 Å². The largest absolute Gasteiger partial charge is 0.292 e. The van der Waals surface area contributed by atoms with E-state index in [1.165, 1.54) is 0 Å². The van der Waals surface area contributed by atoms with Crippen molar-refractivity contribution in [3.8, 4) is 5.95 Å². The summed E-state index contributed by atoms with van der Waals surface area (Å²) in [7, 11) is 0. The number of hydrogen-bond donors (Lipinski definition) is 0. The molecule has 0 aliphatic heterocycles. The molecule has 0 bridgehead atoms. The van der Waals surface area contributed by atoms with E-state index in [2.05, 4.69) is 20.1 Å². The lowest BCUT2D eigenvalue weighted by Crippen LogP contribution is -2.10. The molecule has 0 aromatic carbocycles. The average Bonchev–Trinajstić information content (AvgIpc) is 3.15. The predicted octanol–water partition coefficient (Wildman–Crippen LogP) is 3.10. The number of rotatable bonds is 8. The van der Waals surface area contributed by atoms with Crippen molar-refractivity contribution >= 4 is 11.6 Å². The topological polar surface area (TPSA) is 90.6 Å². The Bertz CT molecular complexity index is 934. The molecule has 3 aromatic heterocycles. The number of aromatic nitrogens is 5. The second-order valence-corrected chi connectivity index (χ2v) is 6.69. The van der Waals surface area contributed by atoms with Crippen LogP contribution in [0.4, 0.5) is 0 Å². The van der Waals surface area contributed by atoms with Gasteiger partial charge in [-0.2, -0.15) is 5.10 Å². The van der Waals surface area contributed by atoms with Crippen LogP contribution in [0.25, 0.3) is 5.95 Å². The van der Waals surface area contributed by atoms with Crippen molar-refractivity contribution in [2.24, 2.45) is 5.92 Å². The summed E-state index contributed by atoms with van der Waals surface area (Å²) >= 11 is 0. The van der Waals surface area contributed by atoms with Crippen LogP contribution in [-0.4, -0.2) is 36.3 Å². The van der Waals surface area contributed by atoms with Crippen molar-refractivity contribution in [3.63, 3.8) is 0 Å². The summed E-state index contributed by atoms with van der Waals surface area (Å²) in [6.07, 6.45) is 8.02. The van der Waals surface area contributed by atoms with Gasteiger partial charge in [-0.25, -0.2) is 19.6 Å². The van der Waals surface area contributed by atoms with Gasteiger partial charge in [0.15, 0.2) is 11.6 Å². The number of carbonyl (C=O) groups is 2. The number of hydrogen-bond acceptors (Lipinski definition) is 6. The molecule has 0 radical (unpaired) electrons. The smallest absolute Gasteiger partial charge is 0.250 e. The number of Topliss-reactive ketones (excluding diaryl/α,β-unsaturated/α-hetero) is 2. The minimum absolute atomic E-state index is 0.0382. The van der Waals surface area contributed by atoms with Crippen LogP contribution in [0.5, 0.6) is 0 Å². The van der Waals surface area contributed by atoms with Crippen LogP contribution in [0, 0.1) is 5.92 Å². The molecule has 7 nitrogen and oxygen atoms in total. The fourth-order valence-corrected chi connectivity index (χ4v) is 2.61. The minimum atomic E-state index is -0.0992. The Labute approximate surface area is 157 Å². The van der Waals surface area contributed by atoms with E-state index in [0.29, 0.717) is 30.2 Å². The molecule has 3 aromatic rings. The van der Waals surface area contributed by atoms with Gasteiger partial charge in [0.2, 0.25) is 5.95 Å². The van der Waals surface area contributed by atoms with Gasteiger partial charge >= 0.3 is 0 Å². The normalized spacial score (nSPS) is 10.9. The summed E-state index contributed by atoms with van der Waals surface area (Å²) in [5, 5.41) is 4.22. The SMILES string of the molecule is CC(C)CC(=O)c1cccc(C(=O)CCc2cnn(-c3ncccn3)c2)n1.